The molecule has 1 saturated carbocycles. The van der Waals surface area contributed by atoms with Crippen molar-refractivity contribution in [1.29, 1.82) is 0 Å². The molecule has 0 radical (unpaired) electrons. The fourth-order valence-corrected chi connectivity index (χ4v) is 3.45. The van der Waals surface area contributed by atoms with Crippen molar-refractivity contribution in [3.05, 3.63) is 40.2 Å². The fourth-order valence-electron chi connectivity index (χ4n) is 2.83. The maximum Gasteiger partial charge on any atom is 0.224 e. The van der Waals surface area contributed by atoms with Gasteiger partial charge in [-0.1, -0.05) is 24.3 Å². The smallest absolute Gasteiger partial charge is 0.224 e. The van der Waals surface area contributed by atoms with Crippen molar-refractivity contribution in [2.45, 2.75) is 38.6 Å². The predicted octanol–water partition coefficient (Wildman–Crippen LogP) is 2.94. The third-order valence-corrected chi connectivity index (χ3v) is 5.24. The van der Waals surface area contributed by atoms with Gasteiger partial charge in [-0.15, -0.1) is 11.3 Å². The van der Waals surface area contributed by atoms with Crippen LogP contribution in [0.2, 0.25) is 0 Å². The van der Waals surface area contributed by atoms with E-state index in [2.05, 4.69) is 10.3 Å². The second kappa shape index (κ2) is 6.42. The van der Waals surface area contributed by atoms with E-state index >= 15 is 0 Å². The van der Waals surface area contributed by atoms with Crippen molar-refractivity contribution >= 4 is 17.2 Å². The zero-order valence-electron chi connectivity index (χ0n) is 13.5. The standard InChI is InChI=1S/C18H22N2O2S/c1-12-19-16(10-23-12)14-5-3-13(4-6-14)9-17(22)20-18(2,11-21)15-7-8-15/h3-6,10,15,21H,7-9,11H2,1-2H3,(H,20,22). The zero-order chi connectivity index (χ0) is 16.4. The van der Waals surface area contributed by atoms with E-state index in [0.29, 0.717) is 12.3 Å². The molecule has 1 heterocycles. The number of aryl methyl sites for hydroxylation is 1. The Bertz CT molecular complexity index is 691. The van der Waals surface area contributed by atoms with Gasteiger partial charge in [0.15, 0.2) is 0 Å². The van der Waals surface area contributed by atoms with Gasteiger partial charge in [0.1, 0.15) is 0 Å². The van der Waals surface area contributed by atoms with E-state index in [1.54, 1.807) is 11.3 Å². The van der Waals surface area contributed by atoms with Crippen molar-refractivity contribution in [1.82, 2.24) is 10.3 Å². The van der Waals surface area contributed by atoms with E-state index in [0.717, 1.165) is 34.7 Å². The summed E-state index contributed by atoms with van der Waals surface area (Å²) < 4.78 is 0. The van der Waals surface area contributed by atoms with Gasteiger partial charge in [0.05, 0.1) is 29.3 Å². The topological polar surface area (TPSA) is 62.2 Å². The number of amides is 1. The molecule has 2 aromatic rings. The lowest BCUT2D eigenvalue weighted by atomic mass is 9.96. The minimum atomic E-state index is -0.477. The molecule has 1 amide bonds. The van der Waals surface area contributed by atoms with Crippen molar-refractivity contribution in [2.75, 3.05) is 6.61 Å². The average Bonchev–Trinajstić information content (AvgIpc) is 3.31. The van der Waals surface area contributed by atoms with Crippen LogP contribution >= 0.6 is 11.3 Å². The average molecular weight is 330 g/mol. The summed E-state index contributed by atoms with van der Waals surface area (Å²) in [5.74, 6) is 0.373. The van der Waals surface area contributed by atoms with Crippen LogP contribution in [0.15, 0.2) is 29.6 Å². The van der Waals surface area contributed by atoms with Crippen molar-refractivity contribution in [3.8, 4) is 11.3 Å². The van der Waals surface area contributed by atoms with Crippen LogP contribution < -0.4 is 5.32 Å². The molecule has 4 nitrogen and oxygen atoms in total. The van der Waals surface area contributed by atoms with Crippen LogP contribution in [0.4, 0.5) is 0 Å². The molecule has 1 aliphatic carbocycles. The van der Waals surface area contributed by atoms with E-state index in [9.17, 15) is 9.90 Å². The zero-order valence-corrected chi connectivity index (χ0v) is 14.3. The first-order valence-corrected chi connectivity index (χ1v) is 8.81. The summed E-state index contributed by atoms with van der Waals surface area (Å²) in [6.07, 6.45) is 2.50. The Morgan fingerprint density at radius 2 is 2.09 bits per heavy atom. The van der Waals surface area contributed by atoms with Crippen LogP contribution in [0, 0.1) is 12.8 Å². The second-order valence-electron chi connectivity index (χ2n) is 6.52. The molecule has 1 unspecified atom stereocenters. The molecule has 1 aromatic heterocycles. The lowest BCUT2D eigenvalue weighted by molar-refractivity contribution is -0.123. The predicted molar refractivity (Wildman–Crippen MR) is 92.3 cm³/mol. The normalized spacial score (nSPS) is 16.8. The van der Waals surface area contributed by atoms with E-state index in [1.807, 2.05) is 43.5 Å². The maximum absolute atomic E-state index is 12.2. The molecule has 23 heavy (non-hydrogen) atoms. The lowest BCUT2D eigenvalue weighted by Crippen LogP contribution is -2.51. The van der Waals surface area contributed by atoms with Crippen LogP contribution in [0.3, 0.4) is 0 Å². The van der Waals surface area contributed by atoms with Gasteiger partial charge < -0.3 is 10.4 Å². The molecule has 1 aliphatic rings. The first-order valence-electron chi connectivity index (χ1n) is 7.93. The number of aliphatic hydroxyl groups is 1. The summed E-state index contributed by atoms with van der Waals surface area (Å²) in [4.78, 5) is 16.7. The lowest BCUT2D eigenvalue weighted by Gasteiger charge is -2.28. The number of aromatic nitrogens is 1. The van der Waals surface area contributed by atoms with Gasteiger partial charge in [-0.05, 0) is 38.2 Å². The summed E-state index contributed by atoms with van der Waals surface area (Å²) in [6, 6.07) is 7.94. The van der Waals surface area contributed by atoms with Crippen molar-refractivity contribution in [2.24, 2.45) is 5.92 Å². The number of nitrogens with one attached hydrogen (secondary N) is 1. The molecule has 1 fully saturated rings. The number of rotatable bonds is 6. The van der Waals surface area contributed by atoms with E-state index in [1.165, 1.54) is 0 Å². The number of nitrogens with zero attached hydrogens (tertiary/aromatic N) is 1. The molecule has 2 N–H and O–H groups in total. The highest BCUT2D eigenvalue weighted by Gasteiger charge is 2.42. The quantitative estimate of drug-likeness (QED) is 0.856. The van der Waals surface area contributed by atoms with Gasteiger partial charge in [-0.25, -0.2) is 4.98 Å². The minimum absolute atomic E-state index is 0.00841. The first kappa shape index (κ1) is 16.1. The first-order chi connectivity index (χ1) is 11.0. The molecule has 0 spiro atoms. The summed E-state index contributed by atoms with van der Waals surface area (Å²) in [5.41, 5.74) is 2.53. The van der Waals surface area contributed by atoms with Crippen molar-refractivity contribution in [3.63, 3.8) is 0 Å². The second-order valence-corrected chi connectivity index (χ2v) is 7.59. The van der Waals surface area contributed by atoms with Crippen molar-refractivity contribution < 1.29 is 9.90 Å². The van der Waals surface area contributed by atoms with Crippen LogP contribution in [0.5, 0.6) is 0 Å². The number of benzene rings is 1. The monoisotopic (exact) mass is 330 g/mol. The number of hydrogen-bond acceptors (Lipinski definition) is 4. The summed E-state index contributed by atoms with van der Waals surface area (Å²) in [7, 11) is 0. The maximum atomic E-state index is 12.2. The van der Waals surface area contributed by atoms with Gasteiger partial charge in [-0.3, -0.25) is 4.79 Å². The third kappa shape index (κ3) is 3.79. The number of aliphatic hydroxyl groups excluding tert-OH is 1. The molecule has 0 saturated heterocycles. The summed E-state index contributed by atoms with van der Waals surface area (Å²) in [5, 5.41) is 15.6. The molecule has 0 aliphatic heterocycles. The third-order valence-electron chi connectivity index (χ3n) is 4.47. The van der Waals surface area contributed by atoms with E-state index in [4.69, 9.17) is 0 Å². The van der Waals surface area contributed by atoms with Crippen LogP contribution in [-0.4, -0.2) is 28.1 Å². The van der Waals surface area contributed by atoms with E-state index in [-0.39, 0.29) is 12.5 Å². The van der Waals surface area contributed by atoms with Crippen LogP contribution in [-0.2, 0) is 11.2 Å². The molecule has 122 valence electrons. The van der Waals surface area contributed by atoms with Crippen LogP contribution in [0.25, 0.3) is 11.3 Å². The van der Waals surface area contributed by atoms with Gasteiger partial charge in [-0.2, -0.15) is 0 Å². The Hall–Kier alpha value is -1.72. The van der Waals surface area contributed by atoms with E-state index < -0.39 is 5.54 Å². The molecular formula is C18H22N2O2S. The highest BCUT2D eigenvalue weighted by atomic mass is 32.1. The molecule has 3 rings (SSSR count). The summed E-state index contributed by atoms with van der Waals surface area (Å²) in [6.45, 7) is 3.91. The Balaban J connectivity index is 1.62. The Morgan fingerprint density at radius 1 is 1.39 bits per heavy atom. The van der Waals surface area contributed by atoms with Crippen LogP contribution in [0.1, 0.15) is 30.3 Å². The highest BCUT2D eigenvalue weighted by Crippen LogP contribution is 2.39. The highest BCUT2D eigenvalue weighted by molar-refractivity contribution is 7.09. The number of hydrogen-bond donors (Lipinski definition) is 2. The van der Waals surface area contributed by atoms with Gasteiger partial charge in [0.25, 0.3) is 0 Å². The van der Waals surface area contributed by atoms with Gasteiger partial charge >= 0.3 is 0 Å². The Labute approximate surface area is 140 Å². The SMILES string of the molecule is Cc1nc(-c2ccc(CC(=O)NC(C)(CO)C3CC3)cc2)cs1. The molecule has 0 bridgehead atoms. The number of thiazole rings is 1. The Kier molecular flexibility index (Phi) is 4.50. The number of carbonyl (C=O) groups is 1. The fraction of sp³-hybridized carbons (Fsp3) is 0.444. The molecular weight excluding hydrogens is 308 g/mol. The largest absolute Gasteiger partial charge is 0.394 e. The van der Waals surface area contributed by atoms with Gasteiger partial charge in [0.2, 0.25) is 5.91 Å². The molecule has 1 atom stereocenters. The molecule has 5 heteroatoms. The molecule has 1 aromatic carbocycles. The van der Waals surface area contributed by atoms with Gasteiger partial charge in [0, 0.05) is 10.9 Å². The summed E-state index contributed by atoms with van der Waals surface area (Å²) >= 11 is 1.63. The minimum Gasteiger partial charge on any atom is -0.394 e. The number of carbonyl (C=O) groups excluding carboxylic acids is 1. The Morgan fingerprint density at radius 3 is 2.61 bits per heavy atom.